The number of hydrogen-bond acceptors (Lipinski definition) is 3. The summed E-state index contributed by atoms with van der Waals surface area (Å²) in [4.78, 5) is 20.3. The van der Waals surface area contributed by atoms with Gasteiger partial charge in [0.25, 0.3) is 0 Å². The number of carbonyl (C=O) groups is 1. The molecule has 0 spiro atoms. The molecular formula is C22H24Cl2N2O2. The maximum absolute atomic E-state index is 12.8. The maximum atomic E-state index is 12.8. The summed E-state index contributed by atoms with van der Waals surface area (Å²) in [6, 6.07) is 15.2. The quantitative estimate of drug-likeness (QED) is 0.590. The number of halogens is 2. The Morgan fingerprint density at radius 3 is 2.71 bits per heavy atom. The van der Waals surface area contributed by atoms with E-state index in [1.165, 1.54) is 0 Å². The lowest BCUT2D eigenvalue weighted by molar-refractivity contribution is -0.134. The summed E-state index contributed by atoms with van der Waals surface area (Å²) in [6.45, 7) is 5.04. The third kappa shape index (κ3) is 5.49. The highest BCUT2D eigenvalue weighted by molar-refractivity contribution is 6.34. The minimum absolute atomic E-state index is 0.102. The first kappa shape index (κ1) is 20.7. The summed E-state index contributed by atoms with van der Waals surface area (Å²) in [5.74, 6) is 0.388. The van der Waals surface area contributed by atoms with Crippen LogP contribution in [0.5, 0.6) is 0 Å². The minimum Gasteiger partial charge on any atom is -0.390 e. The summed E-state index contributed by atoms with van der Waals surface area (Å²) in [5, 5.41) is 5.53. The molecule has 1 atom stereocenters. The Kier molecular flexibility index (Phi) is 6.97. The van der Waals surface area contributed by atoms with Crippen molar-refractivity contribution in [2.75, 3.05) is 6.54 Å². The summed E-state index contributed by atoms with van der Waals surface area (Å²) < 4.78 is 0. The van der Waals surface area contributed by atoms with Crippen molar-refractivity contribution in [3.63, 3.8) is 0 Å². The van der Waals surface area contributed by atoms with Gasteiger partial charge in [0.15, 0.2) is 6.10 Å². The molecule has 6 heteroatoms. The van der Waals surface area contributed by atoms with E-state index in [0.29, 0.717) is 36.0 Å². The Bertz CT molecular complexity index is 867. The van der Waals surface area contributed by atoms with Crippen LogP contribution in [0.25, 0.3) is 0 Å². The van der Waals surface area contributed by atoms with Gasteiger partial charge in [-0.05, 0) is 29.7 Å². The van der Waals surface area contributed by atoms with Gasteiger partial charge in [0.2, 0.25) is 5.91 Å². The van der Waals surface area contributed by atoms with Crippen LogP contribution in [0.15, 0.2) is 53.7 Å². The molecule has 1 aliphatic heterocycles. The van der Waals surface area contributed by atoms with Crippen LogP contribution in [0.3, 0.4) is 0 Å². The molecule has 2 aromatic carbocycles. The van der Waals surface area contributed by atoms with Gasteiger partial charge in [-0.1, -0.05) is 72.5 Å². The molecular weight excluding hydrogens is 395 g/mol. The number of carbonyl (C=O) groups excluding carboxylic acids is 1. The van der Waals surface area contributed by atoms with Gasteiger partial charge in [-0.3, -0.25) is 4.79 Å². The van der Waals surface area contributed by atoms with Crippen LogP contribution >= 0.6 is 23.2 Å². The molecule has 0 bridgehead atoms. The second-order valence-corrected chi connectivity index (χ2v) is 8.30. The van der Waals surface area contributed by atoms with E-state index in [1.54, 1.807) is 0 Å². The van der Waals surface area contributed by atoms with Crippen molar-refractivity contribution in [1.29, 1.82) is 0 Å². The van der Waals surface area contributed by atoms with Crippen LogP contribution in [-0.4, -0.2) is 29.2 Å². The van der Waals surface area contributed by atoms with Gasteiger partial charge in [0.05, 0.1) is 12.3 Å². The highest BCUT2D eigenvalue weighted by Gasteiger charge is 2.27. The molecule has 1 amide bonds. The van der Waals surface area contributed by atoms with Crippen molar-refractivity contribution in [3.05, 3.63) is 69.7 Å². The van der Waals surface area contributed by atoms with Gasteiger partial charge >= 0.3 is 0 Å². The standard InChI is InChI=1S/C22H24Cl2N2O2/c1-15(2)10-22(27)26(13-16-6-5-7-17(23)11-16)14-18-12-21(25-28-18)19-8-3-4-9-20(19)24/h3-9,11,15,18H,10,12-14H2,1-2H3/t18-/m0/s1. The predicted octanol–water partition coefficient (Wildman–Crippen LogP) is 5.56. The van der Waals surface area contributed by atoms with Gasteiger partial charge in [0.1, 0.15) is 0 Å². The third-order valence-electron chi connectivity index (χ3n) is 4.54. The normalized spacial score (nSPS) is 16.0. The second-order valence-electron chi connectivity index (χ2n) is 7.45. The van der Waals surface area contributed by atoms with Crippen molar-refractivity contribution < 1.29 is 9.63 Å². The number of benzene rings is 2. The zero-order chi connectivity index (χ0) is 20.1. The van der Waals surface area contributed by atoms with Crippen LogP contribution in [0.4, 0.5) is 0 Å². The predicted molar refractivity (Wildman–Crippen MR) is 114 cm³/mol. The molecule has 3 rings (SSSR count). The summed E-state index contributed by atoms with van der Waals surface area (Å²) >= 11 is 12.4. The first-order chi connectivity index (χ1) is 13.4. The number of oxime groups is 1. The molecule has 148 valence electrons. The smallest absolute Gasteiger partial charge is 0.223 e. The van der Waals surface area contributed by atoms with E-state index in [-0.39, 0.29) is 17.9 Å². The Morgan fingerprint density at radius 1 is 1.21 bits per heavy atom. The van der Waals surface area contributed by atoms with Gasteiger partial charge in [-0.25, -0.2) is 0 Å². The van der Waals surface area contributed by atoms with Gasteiger partial charge in [-0.2, -0.15) is 0 Å². The largest absolute Gasteiger partial charge is 0.390 e. The molecule has 1 aliphatic rings. The highest BCUT2D eigenvalue weighted by Crippen LogP contribution is 2.24. The lowest BCUT2D eigenvalue weighted by Crippen LogP contribution is -2.37. The fourth-order valence-electron chi connectivity index (χ4n) is 3.21. The molecule has 0 unspecified atom stereocenters. The summed E-state index contributed by atoms with van der Waals surface area (Å²) in [7, 11) is 0. The van der Waals surface area contributed by atoms with E-state index >= 15 is 0 Å². The third-order valence-corrected chi connectivity index (χ3v) is 5.10. The van der Waals surface area contributed by atoms with Crippen molar-refractivity contribution in [2.24, 2.45) is 11.1 Å². The number of hydrogen-bond donors (Lipinski definition) is 0. The molecule has 0 aliphatic carbocycles. The van der Waals surface area contributed by atoms with E-state index in [4.69, 9.17) is 28.0 Å². The van der Waals surface area contributed by atoms with Crippen LogP contribution < -0.4 is 0 Å². The Labute approximate surface area is 176 Å². The average Bonchev–Trinajstić information content (AvgIpc) is 3.09. The number of amides is 1. The Hall–Kier alpha value is -2.04. The molecule has 0 saturated heterocycles. The lowest BCUT2D eigenvalue weighted by atomic mass is 10.0. The maximum Gasteiger partial charge on any atom is 0.223 e. The lowest BCUT2D eigenvalue weighted by Gasteiger charge is -2.26. The van der Waals surface area contributed by atoms with E-state index < -0.39 is 0 Å². The van der Waals surface area contributed by atoms with Crippen molar-refractivity contribution in [3.8, 4) is 0 Å². The van der Waals surface area contributed by atoms with Crippen molar-refractivity contribution >= 4 is 34.8 Å². The molecule has 28 heavy (non-hydrogen) atoms. The molecule has 4 nitrogen and oxygen atoms in total. The fraction of sp³-hybridized carbons (Fsp3) is 0.364. The molecule has 0 fully saturated rings. The zero-order valence-corrected chi connectivity index (χ0v) is 17.6. The van der Waals surface area contributed by atoms with Gasteiger partial charge in [-0.15, -0.1) is 0 Å². The Balaban J connectivity index is 1.69. The van der Waals surface area contributed by atoms with E-state index in [9.17, 15) is 4.79 Å². The fourth-order valence-corrected chi connectivity index (χ4v) is 3.67. The SMILES string of the molecule is CC(C)CC(=O)N(Cc1cccc(Cl)c1)C[C@@H]1CC(c2ccccc2Cl)=NO1. The van der Waals surface area contributed by atoms with Crippen LogP contribution in [0.2, 0.25) is 10.0 Å². The van der Waals surface area contributed by atoms with Gasteiger partial charge < -0.3 is 9.74 Å². The number of rotatable bonds is 7. The highest BCUT2D eigenvalue weighted by atomic mass is 35.5. The second kappa shape index (κ2) is 9.44. The minimum atomic E-state index is -0.193. The van der Waals surface area contributed by atoms with Gasteiger partial charge in [0, 0.05) is 35.0 Å². The first-order valence-corrected chi connectivity index (χ1v) is 10.2. The molecule has 2 aromatic rings. The molecule has 0 saturated carbocycles. The topological polar surface area (TPSA) is 41.9 Å². The zero-order valence-electron chi connectivity index (χ0n) is 16.1. The van der Waals surface area contributed by atoms with Crippen molar-refractivity contribution in [1.82, 2.24) is 4.90 Å². The first-order valence-electron chi connectivity index (χ1n) is 9.42. The molecule has 1 heterocycles. The van der Waals surface area contributed by atoms with Crippen LogP contribution in [0, 0.1) is 5.92 Å². The van der Waals surface area contributed by atoms with Crippen LogP contribution in [-0.2, 0) is 16.2 Å². The van der Waals surface area contributed by atoms with Crippen LogP contribution in [0.1, 0.15) is 37.8 Å². The molecule has 0 radical (unpaired) electrons. The van der Waals surface area contributed by atoms with Crippen molar-refractivity contribution in [2.45, 2.75) is 39.3 Å². The monoisotopic (exact) mass is 418 g/mol. The molecule has 0 N–H and O–H groups in total. The van der Waals surface area contributed by atoms with E-state index in [2.05, 4.69) is 5.16 Å². The summed E-state index contributed by atoms with van der Waals surface area (Å²) in [6.07, 6.45) is 0.914. The average molecular weight is 419 g/mol. The Morgan fingerprint density at radius 2 is 2.00 bits per heavy atom. The number of nitrogens with zero attached hydrogens (tertiary/aromatic N) is 2. The van der Waals surface area contributed by atoms with E-state index in [1.807, 2.05) is 67.3 Å². The van der Waals surface area contributed by atoms with E-state index in [0.717, 1.165) is 16.8 Å². The summed E-state index contributed by atoms with van der Waals surface area (Å²) in [5.41, 5.74) is 2.69. The molecule has 0 aromatic heterocycles.